The van der Waals surface area contributed by atoms with Crippen molar-refractivity contribution in [2.45, 2.75) is 31.5 Å². The van der Waals surface area contributed by atoms with E-state index >= 15 is 0 Å². The van der Waals surface area contributed by atoms with Crippen molar-refractivity contribution in [3.63, 3.8) is 0 Å². The lowest BCUT2D eigenvalue weighted by Gasteiger charge is -2.21. The highest BCUT2D eigenvalue weighted by molar-refractivity contribution is 14.1. The molecule has 1 saturated heterocycles. The number of halogens is 2. The van der Waals surface area contributed by atoms with Crippen LogP contribution in [0.15, 0.2) is 21.2 Å². The molecule has 2 heterocycles. The highest BCUT2D eigenvalue weighted by atomic mass is 127. The van der Waals surface area contributed by atoms with Crippen LogP contribution in [0.2, 0.25) is 0 Å². The summed E-state index contributed by atoms with van der Waals surface area (Å²) < 4.78 is 13.3. The van der Waals surface area contributed by atoms with E-state index in [-0.39, 0.29) is 11.7 Å². The third kappa shape index (κ3) is 2.17. The van der Waals surface area contributed by atoms with Gasteiger partial charge in [-0.2, -0.15) is 0 Å². The molecule has 0 amide bonds. The van der Waals surface area contributed by atoms with Crippen LogP contribution >= 0.6 is 38.5 Å². The molecule has 78 valence electrons. The van der Waals surface area contributed by atoms with Gasteiger partial charge < -0.3 is 9.15 Å². The average Bonchev–Trinajstić information content (AvgIpc) is 2.73. The van der Waals surface area contributed by atoms with Gasteiger partial charge in [0.15, 0.2) is 4.67 Å². The third-order valence-electron chi connectivity index (χ3n) is 2.56. The van der Waals surface area contributed by atoms with Gasteiger partial charge in [-0.15, -0.1) is 0 Å². The lowest BCUT2D eigenvalue weighted by molar-refractivity contribution is -0.0202. The second-order valence-corrected chi connectivity index (χ2v) is 5.41. The van der Waals surface area contributed by atoms with E-state index in [1.165, 1.54) is 0 Å². The van der Waals surface area contributed by atoms with Gasteiger partial charge in [-0.1, -0.05) is 22.6 Å². The van der Waals surface area contributed by atoms with Crippen LogP contribution in [0.25, 0.3) is 0 Å². The average molecular weight is 371 g/mol. The van der Waals surface area contributed by atoms with Crippen LogP contribution in [-0.4, -0.2) is 10.0 Å². The Labute approximate surface area is 106 Å². The molecule has 14 heavy (non-hydrogen) atoms. The topological polar surface area (TPSA) is 22.4 Å². The second kappa shape index (κ2) is 4.14. The molecule has 2 nitrogen and oxygen atoms in total. The van der Waals surface area contributed by atoms with E-state index in [9.17, 15) is 0 Å². The van der Waals surface area contributed by atoms with Gasteiger partial charge in [0.05, 0.1) is 5.60 Å². The zero-order valence-electron chi connectivity index (χ0n) is 7.93. The molecule has 4 heteroatoms. The van der Waals surface area contributed by atoms with Crippen LogP contribution in [0.4, 0.5) is 0 Å². The van der Waals surface area contributed by atoms with Crippen molar-refractivity contribution in [2.75, 3.05) is 4.43 Å². The summed E-state index contributed by atoms with van der Waals surface area (Å²) in [5.74, 6) is 0.936. The Bertz CT molecular complexity index is 326. The Hall–Kier alpha value is 0.450. The molecule has 1 aromatic heterocycles. The maximum absolute atomic E-state index is 5.98. The molecule has 1 fully saturated rings. The molecular formula is C10H12BrIO2. The second-order valence-electron chi connectivity index (χ2n) is 3.87. The van der Waals surface area contributed by atoms with Gasteiger partial charge in [-0.3, -0.25) is 0 Å². The lowest BCUT2D eigenvalue weighted by Crippen LogP contribution is -2.24. The fourth-order valence-corrected chi connectivity index (χ4v) is 2.58. The first-order valence-corrected chi connectivity index (χ1v) is 6.94. The van der Waals surface area contributed by atoms with Gasteiger partial charge in [0.1, 0.15) is 11.9 Å². The molecule has 0 aliphatic carbocycles. The zero-order chi connectivity index (χ0) is 10.2. The summed E-state index contributed by atoms with van der Waals surface area (Å²) in [6, 6.07) is 3.89. The Morgan fingerprint density at radius 3 is 2.93 bits per heavy atom. The summed E-state index contributed by atoms with van der Waals surface area (Å²) >= 11 is 5.68. The molecule has 0 bridgehead atoms. The molecule has 0 saturated carbocycles. The van der Waals surface area contributed by atoms with E-state index in [1.54, 1.807) is 0 Å². The van der Waals surface area contributed by atoms with Gasteiger partial charge in [-0.25, -0.2) is 0 Å². The van der Waals surface area contributed by atoms with E-state index in [1.807, 2.05) is 12.1 Å². The monoisotopic (exact) mass is 370 g/mol. The van der Waals surface area contributed by atoms with Crippen LogP contribution < -0.4 is 0 Å². The highest BCUT2D eigenvalue weighted by Crippen LogP contribution is 2.41. The lowest BCUT2D eigenvalue weighted by atomic mass is 10.1. The van der Waals surface area contributed by atoms with Crippen molar-refractivity contribution in [3.8, 4) is 0 Å². The summed E-state index contributed by atoms with van der Waals surface area (Å²) in [5.41, 5.74) is 0.0322. The minimum absolute atomic E-state index is 0.0322. The van der Waals surface area contributed by atoms with Crippen LogP contribution in [0, 0.1) is 0 Å². The number of rotatable bonds is 2. The summed E-state index contributed by atoms with van der Waals surface area (Å²) in [5, 5.41) is 0. The van der Waals surface area contributed by atoms with Gasteiger partial charge in [0.25, 0.3) is 0 Å². The predicted octanol–water partition coefficient (Wildman–Crippen LogP) is 4.09. The van der Waals surface area contributed by atoms with Gasteiger partial charge in [0, 0.05) is 4.43 Å². The predicted molar refractivity (Wildman–Crippen MR) is 66.8 cm³/mol. The van der Waals surface area contributed by atoms with E-state index in [4.69, 9.17) is 9.15 Å². The van der Waals surface area contributed by atoms with Crippen LogP contribution in [0.5, 0.6) is 0 Å². The van der Waals surface area contributed by atoms with E-state index in [0.717, 1.165) is 27.7 Å². The summed E-state index contributed by atoms with van der Waals surface area (Å²) in [4.78, 5) is 0. The van der Waals surface area contributed by atoms with Crippen molar-refractivity contribution in [1.82, 2.24) is 0 Å². The largest absolute Gasteiger partial charge is 0.452 e. The normalized spacial score (nSPS) is 32.4. The number of hydrogen-bond acceptors (Lipinski definition) is 2. The van der Waals surface area contributed by atoms with Gasteiger partial charge in [-0.05, 0) is 47.8 Å². The number of furan rings is 1. The molecular weight excluding hydrogens is 359 g/mol. The molecule has 2 atom stereocenters. The van der Waals surface area contributed by atoms with Crippen molar-refractivity contribution >= 4 is 38.5 Å². The number of hydrogen-bond donors (Lipinski definition) is 0. The smallest absolute Gasteiger partial charge is 0.169 e. The summed E-state index contributed by atoms with van der Waals surface area (Å²) in [6.07, 6.45) is 2.30. The highest BCUT2D eigenvalue weighted by Gasteiger charge is 2.37. The fraction of sp³-hybridized carbons (Fsp3) is 0.600. The molecule has 2 rings (SSSR count). The molecule has 1 aliphatic rings. The van der Waals surface area contributed by atoms with Crippen molar-refractivity contribution < 1.29 is 9.15 Å². The standard InChI is InChI=1S/C10H12BrIO2/c1-10(6-12)5-4-8(14-10)7-2-3-9(11)13-7/h2-3,8H,4-6H2,1H3. The minimum atomic E-state index is 0.0322. The summed E-state index contributed by atoms with van der Waals surface area (Å²) in [7, 11) is 0. The SMILES string of the molecule is CC1(CI)CCC(c2ccc(Br)o2)O1. The van der Waals surface area contributed by atoms with Crippen LogP contribution in [0.3, 0.4) is 0 Å². The first-order chi connectivity index (χ1) is 6.63. The number of alkyl halides is 1. The van der Waals surface area contributed by atoms with E-state index < -0.39 is 0 Å². The Kier molecular flexibility index (Phi) is 3.24. The Morgan fingerprint density at radius 1 is 1.64 bits per heavy atom. The molecule has 0 radical (unpaired) electrons. The Morgan fingerprint density at radius 2 is 2.43 bits per heavy atom. The molecule has 0 spiro atoms. The van der Waals surface area contributed by atoms with Crippen molar-refractivity contribution in [1.29, 1.82) is 0 Å². The van der Waals surface area contributed by atoms with Gasteiger partial charge >= 0.3 is 0 Å². The van der Waals surface area contributed by atoms with Gasteiger partial charge in [0.2, 0.25) is 0 Å². The van der Waals surface area contributed by atoms with E-state index in [0.29, 0.717) is 0 Å². The van der Waals surface area contributed by atoms with Crippen LogP contribution in [0.1, 0.15) is 31.6 Å². The molecule has 1 aromatic rings. The van der Waals surface area contributed by atoms with Crippen molar-refractivity contribution in [3.05, 3.63) is 22.6 Å². The first-order valence-electron chi connectivity index (χ1n) is 4.62. The number of ether oxygens (including phenoxy) is 1. The third-order valence-corrected chi connectivity index (χ3v) is 4.60. The Balaban J connectivity index is 2.09. The molecule has 0 N–H and O–H groups in total. The minimum Gasteiger partial charge on any atom is -0.452 e. The molecule has 1 aliphatic heterocycles. The maximum Gasteiger partial charge on any atom is 0.169 e. The van der Waals surface area contributed by atoms with Crippen LogP contribution in [-0.2, 0) is 4.74 Å². The quantitative estimate of drug-likeness (QED) is 0.578. The fourth-order valence-electron chi connectivity index (χ4n) is 1.70. The first kappa shape index (κ1) is 11.0. The molecule has 0 aromatic carbocycles. The molecule has 2 unspecified atom stereocenters. The van der Waals surface area contributed by atoms with E-state index in [2.05, 4.69) is 45.4 Å². The summed E-state index contributed by atoms with van der Waals surface area (Å²) in [6.45, 7) is 2.16. The zero-order valence-corrected chi connectivity index (χ0v) is 11.7. The maximum atomic E-state index is 5.98. The van der Waals surface area contributed by atoms with Crippen molar-refractivity contribution in [2.24, 2.45) is 0 Å².